The van der Waals surface area contributed by atoms with E-state index < -0.39 is 5.78 Å². The Morgan fingerprint density at radius 3 is 2.08 bits per heavy atom. The molecule has 1 rings (SSSR count). The summed E-state index contributed by atoms with van der Waals surface area (Å²) in [5.41, 5.74) is -0.0903. The van der Waals surface area contributed by atoms with E-state index in [1.807, 2.05) is 0 Å². The van der Waals surface area contributed by atoms with Gasteiger partial charge in [-0.3, -0.25) is 9.59 Å². The van der Waals surface area contributed by atoms with Crippen molar-refractivity contribution in [2.75, 3.05) is 0 Å². The van der Waals surface area contributed by atoms with Crippen molar-refractivity contribution in [1.29, 1.82) is 5.26 Å². The molecule has 0 aromatic carbocycles. The second-order valence-electron chi connectivity index (χ2n) is 1.77. The average Bonchev–Trinajstić information content (AvgIpc) is 1.94. The fraction of sp³-hybridized carbons (Fsp3) is 0.222. The summed E-state index contributed by atoms with van der Waals surface area (Å²) in [6, 6.07) is 1.62. The van der Waals surface area contributed by atoms with Gasteiger partial charge in [0.2, 0.25) is 0 Å². The van der Waals surface area contributed by atoms with Crippen molar-refractivity contribution in [3.05, 3.63) is 23.8 Å². The Bertz CT molecular complexity index is 297. The Balaban J connectivity index is -0.000000333. The first-order chi connectivity index (χ1) is 4.74. The number of hydrogen-bond donors (Lipinski definition) is 0. The molecule has 0 saturated carbocycles. The van der Waals surface area contributed by atoms with Gasteiger partial charge in [-0.2, -0.15) is 5.26 Å². The summed E-state index contributed by atoms with van der Waals surface area (Å²) in [4.78, 5) is 21.2. The van der Waals surface area contributed by atoms with E-state index in [1.54, 1.807) is 6.07 Å². The molecule has 0 spiro atoms. The molecule has 0 aromatic heterocycles. The van der Waals surface area contributed by atoms with E-state index in [0.717, 1.165) is 18.2 Å². The van der Waals surface area contributed by atoms with E-state index in [0.29, 0.717) is 0 Å². The van der Waals surface area contributed by atoms with Crippen LogP contribution in [-0.2, 0) is 32.0 Å². The van der Waals surface area contributed by atoms with Gasteiger partial charge in [-0.05, 0) is 12.2 Å². The summed E-state index contributed by atoms with van der Waals surface area (Å²) in [5.74, 6) is -0.710. The van der Waals surface area contributed by atoms with Crippen LogP contribution in [0.1, 0.15) is 14.9 Å². The standard InChI is InChI=1S/C7H3NO2.2CH4.Au/c8-4-5-3-6(9)1-2-7(5)10;;;/h1-3H;2*1H4;. The van der Waals surface area contributed by atoms with Crippen LogP contribution >= 0.6 is 0 Å². The number of rotatable bonds is 0. The molecular weight excluding hydrogens is 351 g/mol. The van der Waals surface area contributed by atoms with Crippen LogP contribution in [-0.4, -0.2) is 11.6 Å². The molecule has 13 heavy (non-hydrogen) atoms. The van der Waals surface area contributed by atoms with Crippen molar-refractivity contribution in [3.8, 4) is 6.07 Å². The maximum absolute atomic E-state index is 10.6. The minimum atomic E-state index is -0.401. The molecule has 0 N–H and O–H groups in total. The van der Waals surface area contributed by atoms with Crippen molar-refractivity contribution < 1.29 is 32.0 Å². The molecule has 0 amide bonds. The van der Waals surface area contributed by atoms with Crippen molar-refractivity contribution >= 4 is 11.6 Å². The zero-order valence-corrected chi connectivity index (χ0v) is 7.46. The summed E-state index contributed by atoms with van der Waals surface area (Å²) in [6.07, 6.45) is 3.27. The Morgan fingerprint density at radius 1 is 1.15 bits per heavy atom. The van der Waals surface area contributed by atoms with Crippen LogP contribution in [0.15, 0.2) is 23.8 Å². The second kappa shape index (κ2) is 7.69. The Kier molecular flexibility index (Phi) is 10.6. The first-order valence-electron chi connectivity index (χ1n) is 2.62. The van der Waals surface area contributed by atoms with Gasteiger partial charge in [0.15, 0.2) is 11.6 Å². The first-order valence-corrected chi connectivity index (χ1v) is 2.62. The topological polar surface area (TPSA) is 57.9 Å². The summed E-state index contributed by atoms with van der Waals surface area (Å²) in [7, 11) is 0. The number of ketones is 2. The van der Waals surface area contributed by atoms with Crippen molar-refractivity contribution in [2.24, 2.45) is 0 Å². The maximum Gasteiger partial charge on any atom is 0.196 e. The normalized spacial score (nSPS) is 12.7. The van der Waals surface area contributed by atoms with Crippen molar-refractivity contribution in [2.45, 2.75) is 14.9 Å². The van der Waals surface area contributed by atoms with Crippen LogP contribution in [0.4, 0.5) is 0 Å². The van der Waals surface area contributed by atoms with E-state index in [-0.39, 0.29) is 48.6 Å². The van der Waals surface area contributed by atoms with Crippen LogP contribution in [0.2, 0.25) is 0 Å². The number of nitriles is 1. The third-order valence-electron chi connectivity index (χ3n) is 1.07. The molecule has 0 aliphatic heterocycles. The minimum absolute atomic E-state index is 0. The van der Waals surface area contributed by atoms with Crippen LogP contribution < -0.4 is 0 Å². The van der Waals surface area contributed by atoms with Gasteiger partial charge in [-0.25, -0.2) is 0 Å². The molecule has 0 aromatic rings. The number of carbonyl (C=O) groups is 2. The fourth-order valence-electron chi connectivity index (χ4n) is 0.596. The third kappa shape index (κ3) is 4.58. The summed E-state index contributed by atoms with van der Waals surface area (Å²) >= 11 is 0. The molecule has 0 heterocycles. The molecule has 0 saturated heterocycles. The molecular formula is C9H11AuNO2. The Labute approximate surface area is 93.6 Å². The number of hydrogen-bond acceptors (Lipinski definition) is 3. The molecule has 1 aliphatic carbocycles. The Morgan fingerprint density at radius 2 is 1.69 bits per heavy atom. The SMILES string of the molecule is C.C.N#CC1=CC(=O)C=CC1=O.[Au]. The number of allylic oxidation sites excluding steroid dienone is 4. The molecule has 3 nitrogen and oxygen atoms in total. The van der Waals surface area contributed by atoms with Gasteiger partial charge >= 0.3 is 0 Å². The third-order valence-corrected chi connectivity index (χ3v) is 1.07. The average molecular weight is 362 g/mol. The van der Waals surface area contributed by atoms with Gasteiger partial charge in [-0.15, -0.1) is 0 Å². The van der Waals surface area contributed by atoms with E-state index in [2.05, 4.69) is 0 Å². The van der Waals surface area contributed by atoms with Gasteiger partial charge in [-0.1, -0.05) is 14.9 Å². The molecule has 0 bridgehead atoms. The largest absolute Gasteiger partial charge is 0.290 e. The number of carbonyl (C=O) groups excluding carboxylic acids is 2. The molecule has 4 heteroatoms. The van der Waals surface area contributed by atoms with Gasteiger partial charge in [0.1, 0.15) is 11.6 Å². The predicted molar refractivity (Wildman–Crippen MR) is 46.3 cm³/mol. The predicted octanol–water partition coefficient (Wildman–Crippen LogP) is 1.41. The maximum atomic E-state index is 10.6. The first kappa shape index (κ1) is 18.0. The van der Waals surface area contributed by atoms with E-state index in [1.165, 1.54) is 0 Å². The molecule has 1 aliphatic rings. The smallest absolute Gasteiger partial charge is 0.196 e. The number of nitrogens with zero attached hydrogens (tertiary/aromatic N) is 1. The Hall–Kier alpha value is -0.950. The van der Waals surface area contributed by atoms with Crippen molar-refractivity contribution in [3.63, 3.8) is 0 Å². The van der Waals surface area contributed by atoms with Crippen LogP contribution in [0, 0.1) is 11.3 Å². The molecule has 0 fully saturated rings. The van der Waals surface area contributed by atoms with Crippen LogP contribution in [0.3, 0.4) is 0 Å². The van der Waals surface area contributed by atoms with Crippen LogP contribution in [0.5, 0.6) is 0 Å². The van der Waals surface area contributed by atoms with Gasteiger partial charge in [0.25, 0.3) is 0 Å². The molecule has 75 valence electrons. The summed E-state index contributed by atoms with van der Waals surface area (Å²) < 4.78 is 0. The summed E-state index contributed by atoms with van der Waals surface area (Å²) in [6.45, 7) is 0. The van der Waals surface area contributed by atoms with Gasteiger partial charge in [0.05, 0.1) is 0 Å². The van der Waals surface area contributed by atoms with E-state index in [9.17, 15) is 9.59 Å². The second-order valence-corrected chi connectivity index (χ2v) is 1.77. The van der Waals surface area contributed by atoms with E-state index >= 15 is 0 Å². The molecule has 0 atom stereocenters. The van der Waals surface area contributed by atoms with Gasteiger partial charge in [0, 0.05) is 28.5 Å². The monoisotopic (exact) mass is 362 g/mol. The summed E-state index contributed by atoms with van der Waals surface area (Å²) in [5, 5.41) is 8.25. The van der Waals surface area contributed by atoms with E-state index in [4.69, 9.17) is 5.26 Å². The van der Waals surface area contributed by atoms with Gasteiger partial charge < -0.3 is 0 Å². The zero-order chi connectivity index (χ0) is 7.56. The zero-order valence-electron chi connectivity index (χ0n) is 5.30. The fourth-order valence-corrected chi connectivity index (χ4v) is 0.596. The quantitative estimate of drug-likeness (QED) is 0.484. The van der Waals surface area contributed by atoms with Crippen LogP contribution in [0.25, 0.3) is 0 Å². The molecule has 0 unspecified atom stereocenters. The minimum Gasteiger partial charge on any atom is -0.290 e. The van der Waals surface area contributed by atoms with Crippen molar-refractivity contribution in [1.82, 2.24) is 0 Å². The molecule has 1 radical (unpaired) electrons.